The molecule has 1 unspecified atom stereocenters. The number of carbonyl (C=O) groups is 1. The fourth-order valence-corrected chi connectivity index (χ4v) is 3.22. The third kappa shape index (κ3) is 4.19. The highest BCUT2D eigenvalue weighted by Crippen LogP contribution is 2.22. The van der Waals surface area contributed by atoms with Crippen LogP contribution in [0.5, 0.6) is 0 Å². The molecule has 0 fully saturated rings. The molecule has 1 aromatic carbocycles. The SMILES string of the molecule is Cc1nn(CC(C)C)c(Cl)c1C(=O)NC(C)c1ccc(-n2cncn2)cc1. The Hall–Kier alpha value is -2.67. The first-order valence-corrected chi connectivity index (χ1v) is 9.23. The zero-order chi connectivity index (χ0) is 19.6. The fourth-order valence-electron chi connectivity index (χ4n) is 2.89. The normalized spacial score (nSPS) is 12.4. The topological polar surface area (TPSA) is 77.6 Å². The van der Waals surface area contributed by atoms with Crippen molar-refractivity contribution in [1.82, 2.24) is 29.9 Å². The number of aromatic nitrogens is 5. The minimum Gasteiger partial charge on any atom is -0.345 e. The Labute approximate surface area is 163 Å². The van der Waals surface area contributed by atoms with Gasteiger partial charge in [0.15, 0.2) is 0 Å². The molecule has 0 spiro atoms. The quantitative estimate of drug-likeness (QED) is 0.702. The summed E-state index contributed by atoms with van der Waals surface area (Å²) in [5, 5.41) is 11.9. The second-order valence-corrected chi connectivity index (χ2v) is 7.31. The van der Waals surface area contributed by atoms with Gasteiger partial charge < -0.3 is 5.32 Å². The maximum absolute atomic E-state index is 12.8. The summed E-state index contributed by atoms with van der Waals surface area (Å²) in [4.78, 5) is 16.7. The van der Waals surface area contributed by atoms with Gasteiger partial charge in [0.25, 0.3) is 5.91 Å². The molecule has 0 aliphatic heterocycles. The number of hydrogen-bond donors (Lipinski definition) is 1. The molecule has 0 radical (unpaired) electrons. The predicted molar refractivity (Wildman–Crippen MR) is 104 cm³/mol. The van der Waals surface area contributed by atoms with Gasteiger partial charge in [0.1, 0.15) is 17.8 Å². The van der Waals surface area contributed by atoms with E-state index in [4.69, 9.17) is 11.6 Å². The molecule has 0 aliphatic rings. The minimum atomic E-state index is -0.222. The second kappa shape index (κ2) is 7.92. The van der Waals surface area contributed by atoms with Crippen LogP contribution in [0.2, 0.25) is 5.15 Å². The van der Waals surface area contributed by atoms with Gasteiger partial charge in [-0.25, -0.2) is 9.67 Å². The van der Waals surface area contributed by atoms with Gasteiger partial charge in [-0.2, -0.15) is 10.2 Å². The third-order valence-corrected chi connectivity index (χ3v) is 4.64. The Kier molecular flexibility index (Phi) is 5.60. The lowest BCUT2D eigenvalue weighted by atomic mass is 10.1. The summed E-state index contributed by atoms with van der Waals surface area (Å²) in [6, 6.07) is 7.61. The number of nitrogens with zero attached hydrogens (tertiary/aromatic N) is 5. The maximum Gasteiger partial charge on any atom is 0.256 e. The molecule has 3 rings (SSSR count). The Morgan fingerprint density at radius 2 is 1.93 bits per heavy atom. The number of aryl methyl sites for hydroxylation is 1. The van der Waals surface area contributed by atoms with Gasteiger partial charge in [0.05, 0.1) is 23.0 Å². The number of rotatable bonds is 6. The summed E-state index contributed by atoms with van der Waals surface area (Å²) in [5.41, 5.74) is 2.95. The first-order chi connectivity index (χ1) is 12.9. The Morgan fingerprint density at radius 1 is 1.22 bits per heavy atom. The summed E-state index contributed by atoms with van der Waals surface area (Å²) in [7, 11) is 0. The van der Waals surface area contributed by atoms with Crippen LogP contribution in [-0.4, -0.2) is 30.5 Å². The molecule has 27 heavy (non-hydrogen) atoms. The van der Waals surface area contributed by atoms with Crippen LogP contribution in [0.3, 0.4) is 0 Å². The molecule has 3 aromatic rings. The molecule has 7 nitrogen and oxygen atoms in total. The predicted octanol–water partition coefficient (Wildman–Crippen LogP) is 3.57. The van der Waals surface area contributed by atoms with Gasteiger partial charge in [0, 0.05) is 6.54 Å². The maximum atomic E-state index is 12.8. The monoisotopic (exact) mass is 386 g/mol. The van der Waals surface area contributed by atoms with E-state index in [-0.39, 0.29) is 11.9 Å². The molecule has 0 saturated heterocycles. The van der Waals surface area contributed by atoms with Crippen molar-refractivity contribution in [3.8, 4) is 5.69 Å². The molecule has 0 saturated carbocycles. The highest BCUT2D eigenvalue weighted by molar-refractivity contribution is 6.33. The van der Waals surface area contributed by atoms with E-state index in [0.717, 1.165) is 11.3 Å². The van der Waals surface area contributed by atoms with E-state index in [9.17, 15) is 4.79 Å². The zero-order valence-electron chi connectivity index (χ0n) is 15.8. The van der Waals surface area contributed by atoms with Crippen LogP contribution in [0.4, 0.5) is 0 Å². The van der Waals surface area contributed by atoms with Crippen LogP contribution in [0, 0.1) is 12.8 Å². The number of halogens is 1. The standard InChI is InChI=1S/C19H23ClN6O/c1-12(2)9-25-18(20)17(14(4)24-25)19(27)23-13(3)15-5-7-16(8-6-15)26-11-21-10-22-26/h5-8,10-13H,9H2,1-4H3,(H,23,27). The van der Waals surface area contributed by atoms with E-state index >= 15 is 0 Å². The van der Waals surface area contributed by atoms with Crippen molar-refractivity contribution in [2.45, 2.75) is 40.3 Å². The first kappa shape index (κ1) is 19.1. The smallest absolute Gasteiger partial charge is 0.256 e. The third-order valence-electron chi connectivity index (χ3n) is 4.25. The number of hydrogen-bond acceptors (Lipinski definition) is 4. The van der Waals surface area contributed by atoms with Crippen molar-refractivity contribution in [2.24, 2.45) is 5.92 Å². The van der Waals surface area contributed by atoms with Crippen LogP contribution >= 0.6 is 11.6 Å². The van der Waals surface area contributed by atoms with E-state index < -0.39 is 0 Å². The van der Waals surface area contributed by atoms with Gasteiger partial charge in [0.2, 0.25) is 0 Å². The van der Waals surface area contributed by atoms with E-state index in [1.54, 1.807) is 22.6 Å². The molecular weight excluding hydrogens is 364 g/mol. The number of nitrogens with one attached hydrogen (secondary N) is 1. The molecule has 2 heterocycles. The molecule has 1 atom stereocenters. The van der Waals surface area contributed by atoms with Crippen molar-refractivity contribution in [3.05, 3.63) is 58.9 Å². The van der Waals surface area contributed by atoms with Crippen LogP contribution in [0.1, 0.15) is 48.4 Å². The molecule has 1 N–H and O–H groups in total. The molecule has 0 bridgehead atoms. The molecular formula is C19H23ClN6O. The average molecular weight is 387 g/mol. The first-order valence-electron chi connectivity index (χ1n) is 8.85. The fraction of sp³-hybridized carbons (Fsp3) is 0.368. The molecule has 0 aliphatic carbocycles. The Bertz CT molecular complexity index is 915. The van der Waals surface area contributed by atoms with Gasteiger partial charge in [-0.3, -0.25) is 9.48 Å². The lowest BCUT2D eigenvalue weighted by Gasteiger charge is -2.15. The number of benzene rings is 1. The van der Waals surface area contributed by atoms with Crippen molar-refractivity contribution in [2.75, 3.05) is 0 Å². The van der Waals surface area contributed by atoms with Crippen LogP contribution < -0.4 is 5.32 Å². The molecule has 2 aromatic heterocycles. The Morgan fingerprint density at radius 3 is 2.52 bits per heavy atom. The van der Waals surface area contributed by atoms with Crippen molar-refractivity contribution >= 4 is 17.5 Å². The second-order valence-electron chi connectivity index (χ2n) is 6.95. The largest absolute Gasteiger partial charge is 0.345 e. The van der Waals surface area contributed by atoms with Gasteiger partial charge >= 0.3 is 0 Å². The zero-order valence-corrected chi connectivity index (χ0v) is 16.6. The minimum absolute atomic E-state index is 0.175. The van der Waals surface area contributed by atoms with Crippen LogP contribution in [0.15, 0.2) is 36.9 Å². The summed E-state index contributed by atoms with van der Waals surface area (Å²) in [5.74, 6) is 0.167. The Balaban J connectivity index is 1.73. The summed E-state index contributed by atoms with van der Waals surface area (Å²) < 4.78 is 3.37. The van der Waals surface area contributed by atoms with Gasteiger partial charge in [-0.1, -0.05) is 37.6 Å². The van der Waals surface area contributed by atoms with E-state index in [1.807, 2.05) is 31.2 Å². The highest BCUT2D eigenvalue weighted by atomic mass is 35.5. The van der Waals surface area contributed by atoms with Crippen molar-refractivity contribution in [1.29, 1.82) is 0 Å². The van der Waals surface area contributed by atoms with Crippen molar-refractivity contribution < 1.29 is 4.79 Å². The number of amides is 1. The highest BCUT2D eigenvalue weighted by Gasteiger charge is 2.22. The number of carbonyl (C=O) groups excluding carboxylic acids is 1. The van der Waals surface area contributed by atoms with E-state index in [2.05, 4.69) is 34.3 Å². The molecule has 142 valence electrons. The van der Waals surface area contributed by atoms with Gasteiger partial charge in [-0.15, -0.1) is 0 Å². The summed E-state index contributed by atoms with van der Waals surface area (Å²) in [6.07, 6.45) is 3.13. The van der Waals surface area contributed by atoms with Crippen LogP contribution in [-0.2, 0) is 6.54 Å². The molecule has 8 heteroatoms. The van der Waals surface area contributed by atoms with Crippen LogP contribution in [0.25, 0.3) is 5.69 Å². The summed E-state index contributed by atoms with van der Waals surface area (Å²) >= 11 is 6.40. The summed E-state index contributed by atoms with van der Waals surface area (Å²) in [6.45, 7) is 8.57. The van der Waals surface area contributed by atoms with Crippen molar-refractivity contribution in [3.63, 3.8) is 0 Å². The van der Waals surface area contributed by atoms with Gasteiger partial charge in [-0.05, 0) is 37.5 Å². The van der Waals surface area contributed by atoms with E-state index in [1.165, 1.54) is 6.33 Å². The molecule has 1 amide bonds. The van der Waals surface area contributed by atoms with E-state index in [0.29, 0.717) is 28.9 Å². The lowest BCUT2D eigenvalue weighted by molar-refractivity contribution is 0.0939. The average Bonchev–Trinajstić information content (AvgIpc) is 3.23. The lowest BCUT2D eigenvalue weighted by Crippen LogP contribution is -2.27.